The molecule has 0 fully saturated rings. The van der Waals surface area contributed by atoms with Gasteiger partial charge < -0.3 is 5.32 Å². The Kier molecular flexibility index (Phi) is 3.28. The SMILES string of the molecule is c1ccc2c(c1)SCCC2Nc1cccc2ccncc12. The molecule has 1 aromatic heterocycles. The summed E-state index contributed by atoms with van der Waals surface area (Å²) in [6.07, 6.45) is 4.94. The summed E-state index contributed by atoms with van der Waals surface area (Å²) in [6.45, 7) is 0. The fourth-order valence-electron chi connectivity index (χ4n) is 2.92. The van der Waals surface area contributed by atoms with Crippen molar-refractivity contribution in [2.24, 2.45) is 0 Å². The smallest absolute Gasteiger partial charge is 0.0533 e. The van der Waals surface area contributed by atoms with E-state index >= 15 is 0 Å². The first kappa shape index (κ1) is 12.7. The Balaban J connectivity index is 1.73. The molecule has 0 radical (unpaired) electrons. The normalized spacial score (nSPS) is 17.4. The number of anilines is 1. The van der Waals surface area contributed by atoms with Gasteiger partial charge in [0.1, 0.15) is 0 Å². The minimum Gasteiger partial charge on any atom is -0.378 e. The van der Waals surface area contributed by atoms with Crippen LogP contribution in [0.2, 0.25) is 0 Å². The third kappa shape index (κ3) is 2.38. The van der Waals surface area contributed by atoms with Crippen LogP contribution in [0.15, 0.2) is 65.8 Å². The van der Waals surface area contributed by atoms with E-state index < -0.39 is 0 Å². The molecule has 0 aliphatic carbocycles. The van der Waals surface area contributed by atoms with Crippen LogP contribution in [0.3, 0.4) is 0 Å². The zero-order valence-corrected chi connectivity index (χ0v) is 12.4. The van der Waals surface area contributed by atoms with Gasteiger partial charge in [0.25, 0.3) is 0 Å². The van der Waals surface area contributed by atoms with E-state index in [1.807, 2.05) is 24.2 Å². The molecule has 21 heavy (non-hydrogen) atoms. The molecular formula is C18H16N2S. The van der Waals surface area contributed by atoms with Gasteiger partial charge in [-0.2, -0.15) is 0 Å². The van der Waals surface area contributed by atoms with E-state index in [0.29, 0.717) is 6.04 Å². The van der Waals surface area contributed by atoms with Gasteiger partial charge >= 0.3 is 0 Å². The van der Waals surface area contributed by atoms with Crippen molar-refractivity contribution >= 4 is 28.2 Å². The fraction of sp³-hybridized carbons (Fsp3) is 0.167. The summed E-state index contributed by atoms with van der Waals surface area (Å²) >= 11 is 1.95. The van der Waals surface area contributed by atoms with Crippen LogP contribution in [0.5, 0.6) is 0 Å². The second-order valence-corrected chi connectivity index (χ2v) is 6.41. The van der Waals surface area contributed by atoms with Gasteiger partial charge in [-0.15, -0.1) is 11.8 Å². The number of aromatic nitrogens is 1. The molecule has 1 unspecified atom stereocenters. The zero-order chi connectivity index (χ0) is 14.1. The van der Waals surface area contributed by atoms with Crippen molar-refractivity contribution in [1.82, 2.24) is 4.98 Å². The van der Waals surface area contributed by atoms with Crippen LogP contribution in [0.25, 0.3) is 10.8 Å². The molecule has 0 amide bonds. The molecular weight excluding hydrogens is 276 g/mol. The molecule has 4 rings (SSSR count). The summed E-state index contributed by atoms with van der Waals surface area (Å²) in [7, 11) is 0. The summed E-state index contributed by atoms with van der Waals surface area (Å²) in [5.41, 5.74) is 2.59. The summed E-state index contributed by atoms with van der Waals surface area (Å²) in [6, 6.07) is 17.5. The molecule has 2 aromatic carbocycles. The fourth-order valence-corrected chi connectivity index (χ4v) is 4.04. The van der Waals surface area contributed by atoms with Gasteiger partial charge in [-0.05, 0) is 35.6 Å². The lowest BCUT2D eigenvalue weighted by Crippen LogP contribution is -2.16. The molecule has 2 heterocycles. The number of fused-ring (bicyclic) bond motifs is 2. The molecule has 0 spiro atoms. The molecule has 0 saturated carbocycles. The van der Waals surface area contributed by atoms with Gasteiger partial charge in [0.05, 0.1) is 6.04 Å². The van der Waals surface area contributed by atoms with E-state index in [1.54, 1.807) is 0 Å². The maximum atomic E-state index is 4.27. The van der Waals surface area contributed by atoms with E-state index in [2.05, 4.69) is 58.8 Å². The van der Waals surface area contributed by atoms with Crippen molar-refractivity contribution in [1.29, 1.82) is 0 Å². The summed E-state index contributed by atoms with van der Waals surface area (Å²) < 4.78 is 0. The Morgan fingerprint density at radius 3 is 3.00 bits per heavy atom. The average molecular weight is 292 g/mol. The van der Waals surface area contributed by atoms with Gasteiger partial charge in [0.2, 0.25) is 0 Å². The van der Waals surface area contributed by atoms with Crippen molar-refractivity contribution in [3.63, 3.8) is 0 Å². The minimum atomic E-state index is 0.383. The number of benzene rings is 2. The molecule has 1 aliphatic heterocycles. The highest BCUT2D eigenvalue weighted by atomic mass is 32.2. The number of pyridine rings is 1. The number of nitrogens with one attached hydrogen (secondary N) is 1. The number of nitrogens with zero attached hydrogens (tertiary/aromatic N) is 1. The third-order valence-electron chi connectivity index (χ3n) is 3.97. The number of hydrogen-bond donors (Lipinski definition) is 1. The molecule has 2 nitrogen and oxygen atoms in total. The Morgan fingerprint density at radius 2 is 2.00 bits per heavy atom. The van der Waals surface area contributed by atoms with Crippen LogP contribution < -0.4 is 5.32 Å². The second-order valence-electron chi connectivity index (χ2n) is 5.27. The Bertz CT molecular complexity index is 780. The van der Waals surface area contributed by atoms with E-state index in [9.17, 15) is 0 Å². The molecule has 3 heteroatoms. The second kappa shape index (κ2) is 5.41. The maximum Gasteiger partial charge on any atom is 0.0533 e. The molecule has 0 bridgehead atoms. The van der Waals surface area contributed by atoms with Crippen LogP contribution in [0.1, 0.15) is 18.0 Å². The van der Waals surface area contributed by atoms with E-state index in [1.165, 1.54) is 26.9 Å². The average Bonchev–Trinajstić information content (AvgIpc) is 2.56. The molecule has 1 atom stereocenters. The molecule has 104 valence electrons. The van der Waals surface area contributed by atoms with Gasteiger partial charge in [-0.25, -0.2) is 0 Å². The van der Waals surface area contributed by atoms with E-state index in [0.717, 1.165) is 12.2 Å². The minimum absolute atomic E-state index is 0.383. The number of hydrogen-bond acceptors (Lipinski definition) is 3. The summed E-state index contributed by atoms with van der Waals surface area (Å²) in [4.78, 5) is 5.67. The lowest BCUT2D eigenvalue weighted by molar-refractivity contribution is 0.729. The van der Waals surface area contributed by atoms with Gasteiger partial charge in [0, 0.05) is 34.1 Å². The van der Waals surface area contributed by atoms with Crippen LogP contribution in [0, 0.1) is 0 Å². The first-order valence-corrected chi connectivity index (χ1v) is 8.21. The van der Waals surface area contributed by atoms with Gasteiger partial charge in [0.15, 0.2) is 0 Å². The highest BCUT2D eigenvalue weighted by Crippen LogP contribution is 2.38. The zero-order valence-electron chi connectivity index (χ0n) is 11.6. The van der Waals surface area contributed by atoms with Crippen LogP contribution >= 0.6 is 11.8 Å². The van der Waals surface area contributed by atoms with Crippen LogP contribution in [0.4, 0.5) is 5.69 Å². The predicted molar refractivity (Wildman–Crippen MR) is 89.9 cm³/mol. The largest absolute Gasteiger partial charge is 0.378 e. The highest BCUT2D eigenvalue weighted by molar-refractivity contribution is 7.99. The van der Waals surface area contributed by atoms with Crippen molar-refractivity contribution in [2.75, 3.05) is 11.1 Å². The Labute approximate surface area is 128 Å². The van der Waals surface area contributed by atoms with Crippen LogP contribution in [-0.2, 0) is 0 Å². The molecule has 0 saturated heterocycles. The van der Waals surface area contributed by atoms with Gasteiger partial charge in [-0.1, -0.05) is 30.3 Å². The van der Waals surface area contributed by atoms with E-state index in [-0.39, 0.29) is 0 Å². The molecule has 1 aliphatic rings. The third-order valence-corrected chi connectivity index (χ3v) is 5.09. The summed E-state index contributed by atoms with van der Waals surface area (Å²) in [5, 5.41) is 6.15. The van der Waals surface area contributed by atoms with Crippen molar-refractivity contribution in [3.05, 3.63) is 66.5 Å². The van der Waals surface area contributed by atoms with Gasteiger partial charge in [-0.3, -0.25) is 4.98 Å². The Morgan fingerprint density at radius 1 is 1.05 bits per heavy atom. The number of thioether (sulfide) groups is 1. The monoisotopic (exact) mass is 292 g/mol. The lowest BCUT2D eigenvalue weighted by atomic mass is 10.0. The standard InChI is InChI=1S/C18H16N2S/c1-2-7-18-14(5-1)17(9-11-21-18)20-16-6-3-4-13-8-10-19-12-15(13)16/h1-8,10,12,17,20H,9,11H2. The Hall–Kier alpha value is -2.00. The van der Waals surface area contributed by atoms with E-state index in [4.69, 9.17) is 0 Å². The predicted octanol–water partition coefficient (Wildman–Crippen LogP) is 4.88. The summed E-state index contributed by atoms with van der Waals surface area (Å²) in [5.74, 6) is 1.16. The van der Waals surface area contributed by atoms with Crippen LogP contribution in [-0.4, -0.2) is 10.7 Å². The highest BCUT2D eigenvalue weighted by Gasteiger charge is 2.20. The molecule has 1 N–H and O–H groups in total. The first-order valence-electron chi connectivity index (χ1n) is 7.23. The quantitative estimate of drug-likeness (QED) is 0.728. The topological polar surface area (TPSA) is 24.9 Å². The lowest BCUT2D eigenvalue weighted by Gasteiger charge is -2.27. The van der Waals surface area contributed by atoms with Crippen molar-refractivity contribution in [3.8, 4) is 0 Å². The van der Waals surface area contributed by atoms with Crippen molar-refractivity contribution in [2.45, 2.75) is 17.4 Å². The number of rotatable bonds is 2. The first-order chi connectivity index (χ1) is 10.4. The van der Waals surface area contributed by atoms with Crippen molar-refractivity contribution < 1.29 is 0 Å². The molecule has 3 aromatic rings. The maximum absolute atomic E-state index is 4.27.